The van der Waals surface area contributed by atoms with Crippen LogP contribution in [-0.4, -0.2) is 16.4 Å². The predicted molar refractivity (Wildman–Crippen MR) is 87.4 cm³/mol. The number of nitrogens with zero attached hydrogens (tertiary/aromatic N) is 1. The lowest BCUT2D eigenvalue weighted by molar-refractivity contribution is 0.0908. The quantitative estimate of drug-likeness (QED) is 0.800. The molecule has 0 unspecified atom stereocenters. The molecule has 0 radical (unpaired) electrons. The number of carbonyl (C=O) groups excluding carboxylic acids is 1. The second-order valence-electron chi connectivity index (χ2n) is 6.33. The van der Waals surface area contributed by atoms with E-state index in [1.165, 1.54) is 12.3 Å². The van der Waals surface area contributed by atoms with Gasteiger partial charge in [-0.05, 0) is 32.4 Å². The molecule has 4 heteroatoms. The molecule has 0 aliphatic rings. The Balaban J connectivity index is 2.12. The number of hydrogen-bond acceptors (Lipinski definition) is 2. The molecule has 1 N–H and O–H groups in total. The molecule has 0 atom stereocenters. The van der Waals surface area contributed by atoms with E-state index in [9.17, 15) is 9.18 Å². The third-order valence-corrected chi connectivity index (χ3v) is 3.78. The van der Waals surface area contributed by atoms with Crippen LogP contribution in [0.5, 0.6) is 0 Å². The Morgan fingerprint density at radius 3 is 2.82 bits per heavy atom. The van der Waals surface area contributed by atoms with Crippen LogP contribution in [0.25, 0.3) is 10.9 Å². The second-order valence-corrected chi connectivity index (χ2v) is 6.33. The van der Waals surface area contributed by atoms with Gasteiger partial charge in [-0.1, -0.05) is 38.3 Å². The summed E-state index contributed by atoms with van der Waals surface area (Å²) in [5.74, 6) is -0.537. The third kappa shape index (κ3) is 4.03. The number of pyridine rings is 1. The van der Waals surface area contributed by atoms with Gasteiger partial charge in [-0.25, -0.2) is 4.39 Å². The van der Waals surface area contributed by atoms with Crippen LogP contribution < -0.4 is 5.32 Å². The number of para-hydroxylation sites is 1. The first-order valence-electron chi connectivity index (χ1n) is 7.80. The minimum absolute atomic E-state index is 0.167. The van der Waals surface area contributed by atoms with Gasteiger partial charge < -0.3 is 5.32 Å². The van der Waals surface area contributed by atoms with E-state index in [0.29, 0.717) is 16.5 Å². The Hall–Kier alpha value is -1.97. The monoisotopic (exact) mass is 302 g/mol. The summed E-state index contributed by atoms with van der Waals surface area (Å²) in [6, 6.07) is 6.43. The van der Waals surface area contributed by atoms with Gasteiger partial charge in [0.05, 0.1) is 5.56 Å². The zero-order chi connectivity index (χ0) is 16.2. The summed E-state index contributed by atoms with van der Waals surface area (Å²) in [6.45, 7) is 6.20. The van der Waals surface area contributed by atoms with Gasteiger partial charge >= 0.3 is 0 Å². The molecule has 0 saturated carbocycles. The van der Waals surface area contributed by atoms with E-state index < -0.39 is 0 Å². The Morgan fingerprint density at radius 2 is 2.09 bits per heavy atom. The van der Waals surface area contributed by atoms with E-state index in [1.54, 1.807) is 18.2 Å². The van der Waals surface area contributed by atoms with E-state index in [4.69, 9.17) is 0 Å². The molecule has 1 aromatic carbocycles. The lowest BCUT2D eigenvalue weighted by Gasteiger charge is -2.26. The highest BCUT2D eigenvalue weighted by molar-refractivity contribution is 5.97. The lowest BCUT2D eigenvalue weighted by Crippen LogP contribution is -2.43. The van der Waals surface area contributed by atoms with Crippen molar-refractivity contribution in [2.24, 2.45) is 0 Å². The molecule has 1 aromatic heterocycles. The van der Waals surface area contributed by atoms with Crippen molar-refractivity contribution in [2.45, 2.75) is 52.0 Å². The molecule has 3 nitrogen and oxygen atoms in total. The minimum Gasteiger partial charge on any atom is -0.347 e. The van der Waals surface area contributed by atoms with E-state index >= 15 is 0 Å². The summed E-state index contributed by atoms with van der Waals surface area (Å²) in [7, 11) is 0. The fourth-order valence-corrected chi connectivity index (χ4v) is 2.51. The van der Waals surface area contributed by atoms with E-state index in [1.807, 2.05) is 13.8 Å². The Kier molecular flexibility index (Phi) is 5.11. The minimum atomic E-state index is -0.371. The van der Waals surface area contributed by atoms with Crippen LogP contribution in [0.15, 0.2) is 30.5 Å². The molecular formula is C18H23FN2O. The van der Waals surface area contributed by atoms with Crippen molar-refractivity contribution in [3.63, 3.8) is 0 Å². The number of nitrogens with one attached hydrogen (secondary N) is 1. The second kappa shape index (κ2) is 6.86. The zero-order valence-corrected chi connectivity index (χ0v) is 13.4. The maximum absolute atomic E-state index is 13.6. The summed E-state index contributed by atoms with van der Waals surface area (Å²) in [4.78, 5) is 16.4. The highest BCUT2D eigenvalue weighted by atomic mass is 19.1. The molecule has 0 saturated heterocycles. The van der Waals surface area contributed by atoms with Gasteiger partial charge in [0.25, 0.3) is 5.91 Å². The normalized spacial score (nSPS) is 11.6. The van der Waals surface area contributed by atoms with Crippen molar-refractivity contribution in [1.82, 2.24) is 10.3 Å². The van der Waals surface area contributed by atoms with E-state index in [0.717, 1.165) is 25.7 Å². The number of halogens is 1. The molecule has 118 valence electrons. The predicted octanol–water partition coefficient (Wildman–Crippen LogP) is 4.46. The molecule has 0 aliphatic carbocycles. The fraction of sp³-hybridized carbons (Fsp3) is 0.444. The molecule has 0 fully saturated rings. The Bertz CT molecular complexity index is 667. The number of amides is 1. The maximum Gasteiger partial charge on any atom is 0.253 e. The van der Waals surface area contributed by atoms with Crippen LogP contribution >= 0.6 is 0 Å². The van der Waals surface area contributed by atoms with E-state index in [-0.39, 0.29) is 17.3 Å². The summed E-state index contributed by atoms with van der Waals surface area (Å²) in [5, 5.41) is 3.67. The highest BCUT2D eigenvalue weighted by Crippen LogP contribution is 2.18. The molecule has 0 spiro atoms. The van der Waals surface area contributed by atoms with Gasteiger partial charge in [-0.15, -0.1) is 0 Å². The van der Waals surface area contributed by atoms with Crippen molar-refractivity contribution < 1.29 is 9.18 Å². The third-order valence-electron chi connectivity index (χ3n) is 3.78. The summed E-state index contributed by atoms with van der Waals surface area (Å²) < 4.78 is 13.6. The van der Waals surface area contributed by atoms with Crippen molar-refractivity contribution >= 4 is 16.8 Å². The first kappa shape index (κ1) is 16.4. The first-order valence-corrected chi connectivity index (χ1v) is 7.80. The van der Waals surface area contributed by atoms with Crippen LogP contribution in [0, 0.1) is 5.82 Å². The van der Waals surface area contributed by atoms with Gasteiger partial charge in [0.15, 0.2) is 0 Å². The van der Waals surface area contributed by atoms with E-state index in [2.05, 4.69) is 17.2 Å². The number of fused-ring (bicyclic) bond motifs is 1. The number of carbonyl (C=O) groups is 1. The average Bonchev–Trinajstić information content (AvgIpc) is 2.47. The summed E-state index contributed by atoms with van der Waals surface area (Å²) in [6.07, 6.45) is 5.77. The lowest BCUT2D eigenvalue weighted by atomic mass is 9.96. The largest absolute Gasteiger partial charge is 0.347 e. The molecule has 22 heavy (non-hydrogen) atoms. The molecular weight excluding hydrogens is 279 g/mol. The molecule has 2 aromatic rings. The topological polar surface area (TPSA) is 42.0 Å². The number of hydrogen-bond donors (Lipinski definition) is 1. The van der Waals surface area contributed by atoms with Gasteiger partial charge in [0.2, 0.25) is 0 Å². The van der Waals surface area contributed by atoms with Crippen LogP contribution in [-0.2, 0) is 0 Å². The zero-order valence-electron chi connectivity index (χ0n) is 13.4. The summed E-state index contributed by atoms with van der Waals surface area (Å²) >= 11 is 0. The number of rotatable bonds is 6. The SMILES string of the molecule is CCCCCC(C)(C)NC(=O)c1cnc2c(F)cccc2c1. The average molecular weight is 302 g/mol. The van der Waals surface area contributed by atoms with Crippen LogP contribution in [0.1, 0.15) is 56.8 Å². The molecule has 2 rings (SSSR count). The summed E-state index contributed by atoms with van der Waals surface area (Å²) in [5.41, 5.74) is 0.492. The smallest absolute Gasteiger partial charge is 0.253 e. The molecule has 0 bridgehead atoms. The van der Waals surface area contributed by atoms with Gasteiger partial charge in [-0.3, -0.25) is 9.78 Å². The maximum atomic E-state index is 13.6. The van der Waals surface area contributed by atoms with Crippen LogP contribution in [0.2, 0.25) is 0 Å². The van der Waals surface area contributed by atoms with Crippen molar-refractivity contribution in [1.29, 1.82) is 0 Å². The Labute approximate surface area is 130 Å². The molecule has 0 aliphatic heterocycles. The first-order chi connectivity index (χ1) is 10.4. The van der Waals surface area contributed by atoms with Gasteiger partial charge in [0, 0.05) is 17.1 Å². The number of aromatic nitrogens is 1. The number of unbranched alkanes of at least 4 members (excludes halogenated alkanes) is 2. The van der Waals surface area contributed by atoms with Crippen LogP contribution in [0.3, 0.4) is 0 Å². The van der Waals surface area contributed by atoms with Crippen molar-refractivity contribution in [3.8, 4) is 0 Å². The Morgan fingerprint density at radius 1 is 1.32 bits per heavy atom. The standard InChI is InChI=1S/C18H23FN2O/c1-4-5-6-10-18(2,3)21-17(22)14-11-13-8-7-9-15(19)16(13)20-12-14/h7-9,11-12H,4-6,10H2,1-3H3,(H,21,22). The van der Waals surface area contributed by atoms with Gasteiger partial charge in [0.1, 0.15) is 11.3 Å². The number of benzene rings is 1. The molecule has 1 heterocycles. The van der Waals surface area contributed by atoms with Crippen LogP contribution in [0.4, 0.5) is 4.39 Å². The van der Waals surface area contributed by atoms with Crippen molar-refractivity contribution in [2.75, 3.05) is 0 Å². The van der Waals surface area contributed by atoms with Gasteiger partial charge in [-0.2, -0.15) is 0 Å². The highest BCUT2D eigenvalue weighted by Gasteiger charge is 2.21. The fourth-order valence-electron chi connectivity index (χ4n) is 2.51. The van der Waals surface area contributed by atoms with Crippen molar-refractivity contribution in [3.05, 3.63) is 41.8 Å². The molecule has 1 amide bonds.